The number of nitrogens with one attached hydrogen (secondary N) is 1. The van der Waals surface area contributed by atoms with Gasteiger partial charge in [-0.15, -0.1) is 0 Å². The summed E-state index contributed by atoms with van der Waals surface area (Å²) >= 11 is 0. The molecule has 1 aliphatic rings. The SMILES string of the molecule is COc1ccc(CNCC2(C#N)CC2)cc1F. The van der Waals surface area contributed by atoms with Gasteiger partial charge >= 0.3 is 0 Å². The Labute approximate surface area is 100 Å². The standard InChI is InChI=1S/C13H15FN2O/c1-17-12-3-2-10(6-11(12)14)7-16-9-13(8-15)4-5-13/h2-3,6,16H,4-5,7,9H2,1H3. The Morgan fingerprint density at radius 2 is 2.29 bits per heavy atom. The van der Waals surface area contributed by atoms with Gasteiger partial charge in [0.2, 0.25) is 0 Å². The van der Waals surface area contributed by atoms with Gasteiger partial charge in [0.15, 0.2) is 11.6 Å². The number of nitrogens with zero attached hydrogens (tertiary/aromatic N) is 1. The van der Waals surface area contributed by atoms with Crippen molar-refractivity contribution >= 4 is 0 Å². The summed E-state index contributed by atoms with van der Waals surface area (Å²) in [5, 5.41) is 12.1. The summed E-state index contributed by atoms with van der Waals surface area (Å²) < 4.78 is 18.2. The van der Waals surface area contributed by atoms with Crippen molar-refractivity contribution in [3.8, 4) is 11.8 Å². The zero-order valence-corrected chi connectivity index (χ0v) is 9.79. The predicted molar refractivity (Wildman–Crippen MR) is 61.9 cm³/mol. The van der Waals surface area contributed by atoms with Gasteiger partial charge in [0.1, 0.15) is 0 Å². The molecule has 90 valence electrons. The van der Waals surface area contributed by atoms with Crippen molar-refractivity contribution in [1.82, 2.24) is 5.32 Å². The first-order valence-corrected chi connectivity index (χ1v) is 5.63. The average molecular weight is 234 g/mol. The lowest BCUT2D eigenvalue weighted by atomic mass is 10.1. The Hall–Kier alpha value is -1.60. The fourth-order valence-electron chi connectivity index (χ4n) is 1.74. The maximum atomic E-state index is 13.4. The second-order valence-corrected chi connectivity index (χ2v) is 4.46. The highest BCUT2D eigenvalue weighted by Crippen LogP contribution is 2.44. The van der Waals surface area contributed by atoms with Crippen LogP contribution in [-0.2, 0) is 6.54 Å². The number of halogens is 1. The number of methoxy groups -OCH3 is 1. The minimum atomic E-state index is -0.354. The third-order valence-electron chi connectivity index (χ3n) is 3.10. The maximum Gasteiger partial charge on any atom is 0.165 e. The molecule has 0 amide bonds. The molecule has 0 spiro atoms. The van der Waals surface area contributed by atoms with Crippen molar-refractivity contribution < 1.29 is 9.13 Å². The van der Waals surface area contributed by atoms with Crippen LogP contribution in [0, 0.1) is 22.6 Å². The van der Waals surface area contributed by atoms with Gasteiger partial charge in [0, 0.05) is 13.1 Å². The van der Waals surface area contributed by atoms with Crippen LogP contribution in [-0.4, -0.2) is 13.7 Å². The molecule has 0 unspecified atom stereocenters. The Morgan fingerprint density at radius 1 is 1.53 bits per heavy atom. The third-order valence-corrected chi connectivity index (χ3v) is 3.10. The number of ether oxygens (including phenoxy) is 1. The molecule has 2 rings (SSSR count). The van der Waals surface area contributed by atoms with Crippen molar-refractivity contribution in [2.24, 2.45) is 5.41 Å². The van der Waals surface area contributed by atoms with Gasteiger partial charge < -0.3 is 10.1 Å². The first kappa shape index (κ1) is 11.9. The molecule has 1 aromatic rings. The molecule has 0 heterocycles. The van der Waals surface area contributed by atoms with E-state index in [1.165, 1.54) is 13.2 Å². The number of rotatable bonds is 5. The first-order chi connectivity index (χ1) is 8.19. The molecule has 1 saturated carbocycles. The molecule has 0 aliphatic heterocycles. The van der Waals surface area contributed by atoms with Gasteiger partial charge in [-0.3, -0.25) is 0 Å². The van der Waals surface area contributed by atoms with Crippen molar-refractivity contribution in [3.05, 3.63) is 29.6 Å². The maximum absolute atomic E-state index is 13.4. The van der Waals surface area contributed by atoms with Gasteiger partial charge in [-0.1, -0.05) is 6.07 Å². The van der Waals surface area contributed by atoms with Gasteiger partial charge in [-0.05, 0) is 30.5 Å². The predicted octanol–water partition coefficient (Wildman–Crippen LogP) is 2.23. The van der Waals surface area contributed by atoms with E-state index in [9.17, 15) is 4.39 Å². The van der Waals surface area contributed by atoms with Crippen LogP contribution < -0.4 is 10.1 Å². The quantitative estimate of drug-likeness (QED) is 0.849. The molecule has 4 heteroatoms. The Bertz CT molecular complexity index is 449. The van der Waals surface area contributed by atoms with E-state index >= 15 is 0 Å². The van der Waals surface area contributed by atoms with Crippen LogP contribution in [0.25, 0.3) is 0 Å². The van der Waals surface area contributed by atoms with E-state index in [0.717, 1.165) is 18.4 Å². The van der Waals surface area contributed by atoms with E-state index in [2.05, 4.69) is 11.4 Å². The van der Waals surface area contributed by atoms with Gasteiger partial charge in [-0.25, -0.2) is 4.39 Å². The molecule has 1 aromatic carbocycles. The highest BCUT2D eigenvalue weighted by Gasteiger charge is 2.42. The molecule has 1 aliphatic carbocycles. The summed E-state index contributed by atoms with van der Waals surface area (Å²) in [4.78, 5) is 0. The summed E-state index contributed by atoms with van der Waals surface area (Å²) in [6, 6.07) is 7.20. The van der Waals surface area contributed by atoms with Crippen LogP contribution in [0.15, 0.2) is 18.2 Å². The molecule has 0 saturated heterocycles. The van der Waals surface area contributed by atoms with Crippen LogP contribution in [0.2, 0.25) is 0 Å². The molecule has 3 nitrogen and oxygen atoms in total. The summed E-state index contributed by atoms with van der Waals surface area (Å²) in [6.45, 7) is 1.25. The minimum absolute atomic E-state index is 0.162. The van der Waals surface area contributed by atoms with Crippen LogP contribution in [0.3, 0.4) is 0 Å². The molecular formula is C13H15FN2O. The zero-order chi connectivity index (χ0) is 12.3. The lowest BCUT2D eigenvalue weighted by Gasteiger charge is -2.09. The van der Waals surface area contributed by atoms with Gasteiger partial charge in [0.25, 0.3) is 0 Å². The summed E-state index contributed by atoms with van der Waals surface area (Å²) in [6.07, 6.45) is 1.93. The van der Waals surface area contributed by atoms with Crippen molar-refractivity contribution in [1.29, 1.82) is 5.26 Å². The van der Waals surface area contributed by atoms with E-state index in [-0.39, 0.29) is 17.0 Å². The molecular weight excluding hydrogens is 219 g/mol. The second kappa shape index (κ2) is 4.72. The fraction of sp³-hybridized carbons (Fsp3) is 0.462. The van der Waals surface area contributed by atoms with E-state index in [4.69, 9.17) is 10.00 Å². The highest BCUT2D eigenvalue weighted by atomic mass is 19.1. The van der Waals surface area contributed by atoms with Gasteiger partial charge in [0.05, 0.1) is 18.6 Å². The van der Waals surface area contributed by atoms with Crippen LogP contribution >= 0.6 is 0 Å². The lowest BCUT2D eigenvalue weighted by molar-refractivity contribution is 0.386. The second-order valence-electron chi connectivity index (χ2n) is 4.46. The third kappa shape index (κ3) is 2.75. The zero-order valence-electron chi connectivity index (χ0n) is 9.79. The number of nitriles is 1. The van der Waals surface area contributed by atoms with Crippen molar-refractivity contribution in [2.45, 2.75) is 19.4 Å². The first-order valence-electron chi connectivity index (χ1n) is 5.63. The van der Waals surface area contributed by atoms with Crippen molar-refractivity contribution in [3.63, 3.8) is 0 Å². The van der Waals surface area contributed by atoms with E-state index in [1.807, 2.05) is 6.07 Å². The monoisotopic (exact) mass is 234 g/mol. The molecule has 0 radical (unpaired) electrons. The normalized spacial score (nSPS) is 16.3. The molecule has 0 bridgehead atoms. The van der Waals surface area contributed by atoms with Crippen LogP contribution in [0.1, 0.15) is 18.4 Å². The molecule has 1 fully saturated rings. The van der Waals surface area contributed by atoms with Crippen LogP contribution in [0.5, 0.6) is 5.75 Å². The smallest absolute Gasteiger partial charge is 0.165 e. The summed E-state index contributed by atoms with van der Waals surface area (Å²) in [7, 11) is 1.44. The number of benzene rings is 1. The summed E-state index contributed by atoms with van der Waals surface area (Å²) in [5.74, 6) is -0.0994. The number of hydrogen-bond acceptors (Lipinski definition) is 3. The van der Waals surface area contributed by atoms with Crippen molar-refractivity contribution in [2.75, 3.05) is 13.7 Å². The lowest BCUT2D eigenvalue weighted by Crippen LogP contribution is -2.22. The average Bonchev–Trinajstić information content (AvgIpc) is 3.10. The van der Waals surface area contributed by atoms with Crippen LogP contribution in [0.4, 0.5) is 4.39 Å². The van der Waals surface area contributed by atoms with E-state index < -0.39 is 0 Å². The highest BCUT2D eigenvalue weighted by molar-refractivity contribution is 5.29. The Balaban J connectivity index is 1.87. The minimum Gasteiger partial charge on any atom is -0.494 e. The molecule has 1 N–H and O–H groups in total. The largest absolute Gasteiger partial charge is 0.494 e. The number of hydrogen-bond donors (Lipinski definition) is 1. The van der Waals surface area contributed by atoms with E-state index in [0.29, 0.717) is 13.1 Å². The summed E-state index contributed by atoms with van der Waals surface area (Å²) in [5.41, 5.74) is 0.697. The molecule has 0 atom stereocenters. The molecule has 0 aromatic heterocycles. The van der Waals surface area contributed by atoms with E-state index in [1.54, 1.807) is 6.07 Å². The Morgan fingerprint density at radius 3 is 2.82 bits per heavy atom. The Kier molecular flexibility index (Phi) is 3.30. The topological polar surface area (TPSA) is 45.0 Å². The fourth-order valence-corrected chi connectivity index (χ4v) is 1.74. The van der Waals surface area contributed by atoms with Gasteiger partial charge in [-0.2, -0.15) is 5.26 Å². The molecule has 17 heavy (non-hydrogen) atoms.